The highest BCUT2D eigenvalue weighted by Gasteiger charge is 2.45. The van der Waals surface area contributed by atoms with E-state index in [1.54, 1.807) is 30.3 Å². The molecule has 1 aliphatic rings. The number of Topliss-reactive ketones (excluding diaryl/α,β-unsaturated/α-hetero) is 1. The van der Waals surface area contributed by atoms with Crippen LogP contribution < -0.4 is 0 Å². The Morgan fingerprint density at radius 1 is 0.933 bits per heavy atom. The van der Waals surface area contributed by atoms with Gasteiger partial charge in [0.15, 0.2) is 0 Å². The van der Waals surface area contributed by atoms with Crippen molar-refractivity contribution in [3.8, 4) is 0 Å². The SMILES string of the molecule is O=C(O)CCCCCN1C(=O)C(=O)C(=C(O)c2ccccc2)C1c1ccc(Br)cc1. The largest absolute Gasteiger partial charge is 0.507 e. The number of carbonyl (C=O) groups is 3. The predicted octanol–water partition coefficient (Wildman–Crippen LogP) is 4.52. The van der Waals surface area contributed by atoms with Gasteiger partial charge in [-0.25, -0.2) is 0 Å². The van der Waals surface area contributed by atoms with Crippen LogP contribution in [0.2, 0.25) is 0 Å². The fraction of sp³-hybridized carbons (Fsp3) is 0.261. The molecule has 7 heteroatoms. The minimum atomic E-state index is -0.854. The number of amides is 1. The van der Waals surface area contributed by atoms with Crippen LogP contribution >= 0.6 is 15.9 Å². The van der Waals surface area contributed by atoms with Crippen LogP contribution in [0.5, 0.6) is 0 Å². The third kappa shape index (κ3) is 4.79. The third-order valence-electron chi connectivity index (χ3n) is 5.06. The number of unbranched alkanes of at least 4 members (excludes halogenated alkanes) is 2. The monoisotopic (exact) mass is 471 g/mol. The number of carbonyl (C=O) groups excluding carboxylic acids is 2. The topological polar surface area (TPSA) is 94.9 Å². The Bertz CT molecular complexity index is 969. The minimum absolute atomic E-state index is 0.0686. The quantitative estimate of drug-likeness (QED) is 0.255. The average molecular weight is 472 g/mol. The van der Waals surface area contributed by atoms with Gasteiger partial charge in [0.05, 0.1) is 11.6 Å². The first-order chi connectivity index (χ1) is 14.4. The van der Waals surface area contributed by atoms with Crippen molar-refractivity contribution in [2.45, 2.75) is 31.7 Å². The molecule has 156 valence electrons. The van der Waals surface area contributed by atoms with Gasteiger partial charge in [-0.3, -0.25) is 14.4 Å². The van der Waals surface area contributed by atoms with E-state index in [9.17, 15) is 19.5 Å². The van der Waals surface area contributed by atoms with Gasteiger partial charge >= 0.3 is 5.97 Å². The lowest BCUT2D eigenvalue weighted by Gasteiger charge is -2.25. The molecule has 0 aromatic heterocycles. The summed E-state index contributed by atoms with van der Waals surface area (Å²) in [6.45, 7) is 0.302. The van der Waals surface area contributed by atoms with Gasteiger partial charge in [0.2, 0.25) is 0 Å². The highest BCUT2D eigenvalue weighted by Crippen LogP contribution is 2.39. The number of rotatable bonds is 8. The molecule has 0 saturated carbocycles. The zero-order chi connectivity index (χ0) is 21.7. The van der Waals surface area contributed by atoms with Crippen molar-refractivity contribution in [2.24, 2.45) is 0 Å². The molecule has 1 heterocycles. The Hall–Kier alpha value is -2.93. The Kier molecular flexibility index (Phi) is 7.05. The van der Waals surface area contributed by atoms with Crippen LogP contribution in [-0.2, 0) is 14.4 Å². The van der Waals surface area contributed by atoms with E-state index in [2.05, 4.69) is 15.9 Å². The molecule has 1 saturated heterocycles. The maximum atomic E-state index is 12.9. The Morgan fingerprint density at radius 3 is 2.23 bits per heavy atom. The molecule has 1 aliphatic heterocycles. The summed E-state index contributed by atoms with van der Waals surface area (Å²) in [4.78, 5) is 37.8. The maximum absolute atomic E-state index is 12.9. The molecule has 0 radical (unpaired) electrons. The van der Waals surface area contributed by atoms with Crippen LogP contribution in [0.25, 0.3) is 5.76 Å². The molecule has 1 fully saturated rings. The number of nitrogens with zero attached hydrogens (tertiary/aromatic N) is 1. The summed E-state index contributed by atoms with van der Waals surface area (Å²) < 4.78 is 0.861. The van der Waals surface area contributed by atoms with Crippen molar-refractivity contribution < 1.29 is 24.6 Å². The van der Waals surface area contributed by atoms with E-state index in [0.29, 0.717) is 31.4 Å². The van der Waals surface area contributed by atoms with Crippen LogP contribution in [0.3, 0.4) is 0 Å². The zero-order valence-corrected chi connectivity index (χ0v) is 17.8. The number of hydrogen-bond acceptors (Lipinski definition) is 4. The number of ketones is 1. The lowest BCUT2D eigenvalue weighted by Crippen LogP contribution is -2.30. The second-order valence-electron chi connectivity index (χ2n) is 7.11. The molecule has 1 unspecified atom stereocenters. The van der Waals surface area contributed by atoms with Gasteiger partial charge in [-0.15, -0.1) is 0 Å². The van der Waals surface area contributed by atoms with E-state index in [1.165, 1.54) is 4.90 Å². The number of carboxylic acids is 1. The summed E-state index contributed by atoms with van der Waals surface area (Å²) >= 11 is 3.39. The zero-order valence-electron chi connectivity index (χ0n) is 16.3. The molecule has 0 spiro atoms. The van der Waals surface area contributed by atoms with E-state index in [4.69, 9.17) is 5.11 Å². The summed E-state index contributed by atoms with van der Waals surface area (Å²) in [5.41, 5.74) is 1.26. The van der Waals surface area contributed by atoms with Gasteiger partial charge in [0, 0.05) is 23.0 Å². The summed E-state index contributed by atoms with van der Waals surface area (Å²) in [5, 5.41) is 19.7. The van der Waals surface area contributed by atoms with Gasteiger partial charge in [-0.2, -0.15) is 0 Å². The van der Waals surface area contributed by atoms with Crippen molar-refractivity contribution in [1.82, 2.24) is 4.90 Å². The standard InChI is InChI=1S/C23H22BrNO5/c24-17-12-10-15(11-13-17)20-19(21(28)16-7-3-1-4-8-16)22(29)23(30)25(20)14-6-2-5-9-18(26)27/h1,3-4,7-8,10-13,20,28H,2,5-6,9,14H2,(H,26,27). The third-order valence-corrected chi connectivity index (χ3v) is 5.59. The van der Waals surface area contributed by atoms with Crippen LogP contribution in [0, 0.1) is 0 Å². The Balaban J connectivity index is 1.95. The van der Waals surface area contributed by atoms with Gasteiger partial charge in [-0.1, -0.05) is 64.8 Å². The number of aliphatic hydroxyl groups is 1. The number of aliphatic hydroxyl groups excluding tert-OH is 1. The summed E-state index contributed by atoms with van der Waals surface area (Å²) in [7, 11) is 0. The normalized spacial score (nSPS) is 18.0. The first kappa shape index (κ1) is 21.8. The predicted molar refractivity (Wildman–Crippen MR) is 116 cm³/mol. The fourth-order valence-electron chi connectivity index (χ4n) is 3.59. The van der Waals surface area contributed by atoms with Crippen LogP contribution in [0.4, 0.5) is 0 Å². The maximum Gasteiger partial charge on any atom is 0.303 e. The number of carboxylic acid groups (broad SMARTS) is 1. The first-order valence-corrected chi connectivity index (χ1v) is 10.5. The summed E-state index contributed by atoms with van der Waals surface area (Å²) in [5.74, 6) is -2.42. The van der Waals surface area contributed by atoms with E-state index in [1.807, 2.05) is 24.3 Å². The number of benzene rings is 2. The lowest BCUT2D eigenvalue weighted by atomic mass is 9.95. The lowest BCUT2D eigenvalue weighted by molar-refractivity contribution is -0.140. The van der Waals surface area contributed by atoms with Gasteiger partial charge in [0.1, 0.15) is 5.76 Å². The number of hydrogen-bond donors (Lipinski definition) is 2. The molecule has 0 bridgehead atoms. The van der Waals surface area contributed by atoms with Crippen molar-refractivity contribution in [3.63, 3.8) is 0 Å². The number of aliphatic carboxylic acids is 1. The van der Waals surface area contributed by atoms with E-state index in [-0.39, 0.29) is 17.8 Å². The Morgan fingerprint density at radius 2 is 1.60 bits per heavy atom. The Labute approximate surface area is 183 Å². The van der Waals surface area contributed by atoms with Crippen molar-refractivity contribution in [1.29, 1.82) is 0 Å². The molecule has 1 amide bonds. The van der Waals surface area contributed by atoms with Crippen molar-refractivity contribution in [2.75, 3.05) is 6.54 Å². The second kappa shape index (κ2) is 9.71. The molecule has 6 nitrogen and oxygen atoms in total. The molecule has 1 atom stereocenters. The van der Waals surface area contributed by atoms with Crippen LogP contribution in [0.1, 0.15) is 42.9 Å². The minimum Gasteiger partial charge on any atom is -0.507 e. The van der Waals surface area contributed by atoms with Crippen LogP contribution in [0.15, 0.2) is 64.6 Å². The molecule has 2 aromatic carbocycles. The van der Waals surface area contributed by atoms with Crippen LogP contribution in [-0.4, -0.2) is 39.3 Å². The molecule has 0 aliphatic carbocycles. The number of halogens is 1. The van der Waals surface area contributed by atoms with Gasteiger partial charge in [0.25, 0.3) is 11.7 Å². The summed E-state index contributed by atoms with van der Waals surface area (Å²) in [6.07, 6.45) is 1.77. The average Bonchev–Trinajstić information content (AvgIpc) is 2.99. The van der Waals surface area contributed by atoms with E-state index in [0.717, 1.165) is 10.0 Å². The molecular weight excluding hydrogens is 450 g/mol. The number of likely N-dealkylation sites (tertiary alicyclic amines) is 1. The van der Waals surface area contributed by atoms with Gasteiger partial charge < -0.3 is 15.1 Å². The van der Waals surface area contributed by atoms with E-state index < -0.39 is 23.7 Å². The van der Waals surface area contributed by atoms with Gasteiger partial charge in [-0.05, 0) is 30.5 Å². The second-order valence-corrected chi connectivity index (χ2v) is 8.03. The first-order valence-electron chi connectivity index (χ1n) is 9.71. The van der Waals surface area contributed by atoms with Crippen molar-refractivity contribution in [3.05, 3.63) is 75.8 Å². The molecule has 30 heavy (non-hydrogen) atoms. The molecule has 2 N–H and O–H groups in total. The summed E-state index contributed by atoms with van der Waals surface area (Å²) in [6, 6.07) is 15.3. The molecule has 2 aromatic rings. The fourth-order valence-corrected chi connectivity index (χ4v) is 3.85. The highest BCUT2D eigenvalue weighted by molar-refractivity contribution is 9.10. The van der Waals surface area contributed by atoms with E-state index >= 15 is 0 Å². The smallest absolute Gasteiger partial charge is 0.303 e. The van der Waals surface area contributed by atoms with Crippen molar-refractivity contribution >= 4 is 39.3 Å². The molecular formula is C23H22BrNO5. The molecule has 3 rings (SSSR count). The highest BCUT2D eigenvalue weighted by atomic mass is 79.9.